The number of hydrogen-bond donors (Lipinski definition) is 2. The standard InChI is InChI=1S/C13H18F2N2O2/c1-3-16-9(2)8-17-12(18)10-4-6-11(7-5-10)19-13(14)15/h4-7,9,13,16H,3,8H2,1-2H3,(H,17,18)/t9-/m1/s1. The van der Waals surface area contributed by atoms with Crippen molar-refractivity contribution in [2.75, 3.05) is 13.1 Å². The van der Waals surface area contributed by atoms with Gasteiger partial charge in [0.15, 0.2) is 0 Å². The molecule has 0 aliphatic heterocycles. The number of ether oxygens (including phenoxy) is 1. The van der Waals surface area contributed by atoms with Crippen LogP contribution in [0.1, 0.15) is 24.2 Å². The highest BCUT2D eigenvalue weighted by molar-refractivity contribution is 5.94. The average Bonchev–Trinajstić information content (AvgIpc) is 2.36. The van der Waals surface area contributed by atoms with E-state index < -0.39 is 6.61 Å². The van der Waals surface area contributed by atoms with Crippen LogP contribution >= 0.6 is 0 Å². The lowest BCUT2D eigenvalue weighted by Crippen LogP contribution is -2.38. The van der Waals surface area contributed by atoms with Gasteiger partial charge in [0.2, 0.25) is 0 Å². The molecule has 0 spiro atoms. The zero-order valence-electron chi connectivity index (χ0n) is 11.0. The number of halogens is 2. The molecule has 1 aromatic carbocycles. The summed E-state index contributed by atoms with van der Waals surface area (Å²) >= 11 is 0. The van der Waals surface area contributed by atoms with Crippen LogP contribution in [0.2, 0.25) is 0 Å². The minimum atomic E-state index is -2.86. The van der Waals surface area contributed by atoms with Crippen LogP contribution < -0.4 is 15.4 Å². The van der Waals surface area contributed by atoms with Gasteiger partial charge in [-0.05, 0) is 37.7 Å². The second-order valence-electron chi connectivity index (χ2n) is 4.07. The summed E-state index contributed by atoms with van der Waals surface area (Å²) in [5.41, 5.74) is 0.408. The van der Waals surface area contributed by atoms with E-state index in [-0.39, 0.29) is 17.7 Å². The molecule has 1 atom stereocenters. The van der Waals surface area contributed by atoms with Crippen molar-refractivity contribution >= 4 is 5.91 Å². The fourth-order valence-corrected chi connectivity index (χ4v) is 1.56. The van der Waals surface area contributed by atoms with Crippen LogP contribution in [0, 0.1) is 0 Å². The Balaban J connectivity index is 2.48. The zero-order chi connectivity index (χ0) is 14.3. The maximum absolute atomic E-state index is 12.0. The van der Waals surface area contributed by atoms with Gasteiger partial charge in [0.1, 0.15) is 5.75 Å². The molecule has 0 bridgehead atoms. The van der Waals surface area contributed by atoms with Crippen LogP contribution in [0.25, 0.3) is 0 Å². The van der Waals surface area contributed by atoms with Gasteiger partial charge >= 0.3 is 6.61 Å². The zero-order valence-corrected chi connectivity index (χ0v) is 11.0. The van der Waals surface area contributed by atoms with Crippen molar-refractivity contribution in [1.29, 1.82) is 0 Å². The second kappa shape index (κ2) is 7.68. The largest absolute Gasteiger partial charge is 0.435 e. The number of likely N-dealkylation sites (N-methyl/N-ethyl adjacent to an activating group) is 1. The Labute approximate surface area is 111 Å². The van der Waals surface area contributed by atoms with Gasteiger partial charge in [-0.3, -0.25) is 4.79 Å². The van der Waals surface area contributed by atoms with Crippen molar-refractivity contribution < 1.29 is 18.3 Å². The molecule has 0 heterocycles. The summed E-state index contributed by atoms with van der Waals surface area (Å²) in [6, 6.07) is 5.76. The summed E-state index contributed by atoms with van der Waals surface area (Å²) in [7, 11) is 0. The Morgan fingerprint density at radius 1 is 1.32 bits per heavy atom. The predicted molar refractivity (Wildman–Crippen MR) is 68.5 cm³/mol. The number of carbonyl (C=O) groups excluding carboxylic acids is 1. The van der Waals surface area contributed by atoms with Crippen LogP contribution in [-0.2, 0) is 0 Å². The summed E-state index contributed by atoms with van der Waals surface area (Å²) in [6.07, 6.45) is 0. The van der Waals surface area contributed by atoms with E-state index in [2.05, 4.69) is 15.4 Å². The first-order valence-electron chi connectivity index (χ1n) is 6.09. The number of amides is 1. The van der Waals surface area contributed by atoms with Gasteiger partial charge in [-0.25, -0.2) is 0 Å². The molecule has 1 rings (SSSR count). The molecule has 19 heavy (non-hydrogen) atoms. The van der Waals surface area contributed by atoms with Gasteiger partial charge in [0.25, 0.3) is 5.91 Å². The van der Waals surface area contributed by atoms with Crippen LogP contribution in [0.15, 0.2) is 24.3 Å². The van der Waals surface area contributed by atoms with Crippen LogP contribution in [0.4, 0.5) is 8.78 Å². The molecule has 106 valence electrons. The number of hydrogen-bond acceptors (Lipinski definition) is 3. The molecule has 0 aromatic heterocycles. The SMILES string of the molecule is CCN[C@H](C)CNC(=O)c1ccc(OC(F)F)cc1. The number of benzene rings is 1. The Morgan fingerprint density at radius 3 is 2.47 bits per heavy atom. The number of rotatable bonds is 7. The Bertz CT molecular complexity index is 396. The van der Waals surface area contributed by atoms with Crippen LogP contribution in [-0.4, -0.2) is 31.7 Å². The normalized spacial score (nSPS) is 12.3. The van der Waals surface area contributed by atoms with Crippen LogP contribution in [0.3, 0.4) is 0 Å². The summed E-state index contributed by atoms with van der Waals surface area (Å²) in [5, 5.41) is 5.92. The van der Waals surface area contributed by atoms with Crippen molar-refractivity contribution in [3.63, 3.8) is 0 Å². The smallest absolute Gasteiger partial charge is 0.387 e. The topological polar surface area (TPSA) is 50.4 Å². The van der Waals surface area contributed by atoms with Crippen molar-refractivity contribution in [1.82, 2.24) is 10.6 Å². The molecule has 0 radical (unpaired) electrons. The van der Waals surface area contributed by atoms with Crippen molar-refractivity contribution in [3.05, 3.63) is 29.8 Å². The highest BCUT2D eigenvalue weighted by Gasteiger charge is 2.08. The molecular formula is C13H18F2N2O2. The summed E-state index contributed by atoms with van der Waals surface area (Å²) in [5.74, 6) is -0.207. The first-order chi connectivity index (χ1) is 9.02. The molecule has 0 saturated carbocycles. The van der Waals surface area contributed by atoms with Gasteiger partial charge in [0, 0.05) is 18.2 Å². The third-order valence-corrected chi connectivity index (χ3v) is 2.46. The fraction of sp³-hybridized carbons (Fsp3) is 0.462. The molecule has 0 fully saturated rings. The van der Waals surface area contributed by atoms with Gasteiger partial charge in [-0.2, -0.15) is 8.78 Å². The van der Waals surface area contributed by atoms with E-state index in [1.54, 1.807) is 0 Å². The molecule has 0 aliphatic carbocycles. The summed E-state index contributed by atoms with van der Waals surface area (Å²) < 4.78 is 28.1. The van der Waals surface area contributed by atoms with Crippen molar-refractivity contribution in [2.45, 2.75) is 26.5 Å². The molecule has 2 N–H and O–H groups in total. The van der Waals surface area contributed by atoms with Gasteiger partial charge in [-0.15, -0.1) is 0 Å². The molecule has 0 saturated heterocycles. The lowest BCUT2D eigenvalue weighted by atomic mass is 10.2. The maximum Gasteiger partial charge on any atom is 0.387 e. The minimum absolute atomic E-state index is 0.0348. The maximum atomic E-state index is 12.0. The summed E-state index contributed by atoms with van der Waals surface area (Å²) in [6.45, 7) is 2.42. The van der Waals surface area contributed by atoms with E-state index in [9.17, 15) is 13.6 Å². The molecule has 6 heteroatoms. The van der Waals surface area contributed by atoms with E-state index in [0.29, 0.717) is 12.1 Å². The Hall–Kier alpha value is -1.69. The molecule has 1 aromatic rings. The van der Waals surface area contributed by atoms with E-state index >= 15 is 0 Å². The highest BCUT2D eigenvalue weighted by Crippen LogP contribution is 2.14. The summed E-state index contributed by atoms with van der Waals surface area (Å²) in [4.78, 5) is 11.8. The van der Waals surface area contributed by atoms with E-state index in [0.717, 1.165) is 6.54 Å². The van der Waals surface area contributed by atoms with Crippen LogP contribution in [0.5, 0.6) is 5.75 Å². The number of nitrogens with one attached hydrogen (secondary N) is 2. The van der Waals surface area contributed by atoms with Gasteiger partial charge in [-0.1, -0.05) is 6.92 Å². The minimum Gasteiger partial charge on any atom is -0.435 e. The number of alkyl halides is 2. The fourth-order valence-electron chi connectivity index (χ4n) is 1.56. The lowest BCUT2D eigenvalue weighted by Gasteiger charge is -2.13. The van der Waals surface area contributed by atoms with Crippen molar-refractivity contribution in [3.8, 4) is 5.75 Å². The molecule has 4 nitrogen and oxygen atoms in total. The monoisotopic (exact) mass is 272 g/mol. The van der Waals surface area contributed by atoms with Gasteiger partial charge < -0.3 is 15.4 Å². The van der Waals surface area contributed by atoms with Gasteiger partial charge in [0.05, 0.1) is 0 Å². The Morgan fingerprint density at radius 2 is 1.95 bits per heavy atom. The third-order valence-electron chi connectivity index (χ3n) is 2.46. The molecule has 0 unspecified atom stereocenters. The molecular weight excluding hydrogens is 254 g/mol. The first kappa shape index (κ1) is 15.4. The molecule has 1 amide bonds. The first-order valence-corrected chi connectivity index (χ1v) is 6.09. The quantitative estimate of drug-likeness (QED) is 0.798. The predicted octanol–water partition coefficient (Wildman–Crippen LogP) is 2.02. The second-order valence-corrected chi connectivity index (χ2v) is 4.07. The van der Waals surface area contributed by atoms with E-state index in [4.69, 9.17) is 0 Å². The molecule has 0 aliphatic rings. The van der Waals surface area contributed by atoms with E-state index in [1.165, 1.54) is 24.3 Å². The average molecular weight is 272 g/mol. The van der Waals surface area contributed by atoms with E-state index in [1.807, 2.05) is 13.8 Å². The Kier molecular flexibility index (Phi) is 6.21. The highest BCUT2D eigenvalue weighted by atomic mass is 19.3. The lowest BCUT2D eigenvalue weighted by molar-refractivity contribution is -0.0498. The third kappa shape index (κ3) is 5.65. The van der Waals surface area contributed by atoms with Crippen molar-refractivity contribution in [2.24, 2.45) is 0 Å². The number of carbonyl (C=O) groups is 1.